The summed E-state index contributed by atoms with van der Waals surface area (Å²) in [6.07, 6.45) is 2.95. The maximum absolute atomic E-state index is 10.8. The Bertz CT molecular complexity index is 179. The first-order chi connectivity index (χ1) is 4.27. The van der Waals surface area contributed by atoms with E-state index in [-0.39, 0.29) is 0 Å². The van der Waals surface area contributed by atoms with Crippen LogP contribution in [0, 0.1) is 11.8 Å². The van der Waals surface area contributed by atoms with Crippen molar-refractivity contribution in [3.8, 4) is 0 Å². The third-order valence-corrected chi connectivity index (χ3v) is 2.51. The summed E-state index contributed by atoms with van der Waals surface area (Å²) in [5.74, 6) is 1.57. The lowest BCUT2D eigenvalue weighted by Gasteiger charge is -2.27. The molecule has 0 N–H and O–H groups in total. The number of hydrogen-bond acceptors (Lipinski definition) is 1. The second-order valence-corrected chi connectivity index (χ2v) is 3.20. The van der Waals surface area contributed by atoms with Gasteiger partial charge in [0.05, 0.1) is 0 Å². The zero-order valence-electron chi connectivity index (χ0n) is 5.39. The first-order valence-electron chi connectivity index (χ1n) is 3.47. The van der Waals surface area contributed by atoms with Gasteiger partial charge in [0.1, 0.15) is 5.78 Å². The van der Waals surface area contributed by atoms with Crippen LogP contribution in [0.3, 0.4) is 0 Å². The summed E-state index contributed by atoms with van der Waals surface area (Å²) in [4.78, 5) is 10.8. The molecule has 2 rings (SSSR count). The number of hydrogen-bond donors (Lipinski definition) is 0. The van der Waals surface area contributed by atoms with Gasteiger partial charge < -0.3 is 0 Å². The Morgan fingerprint density at radius 3 is 2.56 bits per heavy atom. The zero-order valence-corrected chi connectivity index (χ0v) is 5.39. The van der Waals surface area contributed by atoms with Crippen LogP contribution in [-0.4, -0.2) is 5.78 Å². The molecule has 0 radical (unpaired) electrons. The maximum atomic E-state index is 10.8. The van der Waals surface area contributed by atoms with Crippen LogP contribution in [0.25, 0.3) is 0 Å². The SMILES string of the molecule is C=C1CC2CC(=O)[C@@H]2C1. The topological polar surface area (TPSA) is 17.1 Å². The van der Waals surface area contributed by atoms with E-state index in [0.717, 1.165) is 19.3 Å². The highest BCUT2D eigenvalue weighted by Gasteiger charge is 2.43. The maximum Gasteiger partial charge on any atom is 0.136 e. The van der Waals surface area contributed by atoms with Crippen LogP contribution in [-0.2, 0) is 4.79 Å². The van der Waals surface area contributed by atoms with E-state index >= 15 is 0 Å². The lowest BCUT2D eigenvalue weighted by Crippen LogP contribution is -2.32. The van der Waals surface area contributed by atoms with E-state index in [1.165, 1.54) is 5.57 Å². The summed E-state index contributed by atoms with van der Waals surface area (Å²) in [6.45, 7) is 3.88. The Kier molecular flexibility index (Phi) is 0.850. The Balaban J connectivity index is 2.16. The molecule has 2 aliphatic rings. The normalized spacial score (nSPS) is 40.4. The van der Waals surface area contributed by atoms with Crippen molar-refractivity contribution in [3.63, 3.8) is 0 Å². The molecule has 2 aliphatic carbocycles. The van der Waals surface area contributed by atoms with Crippen molar-refractivity contribution in [3.05, 3.63) is 12.2 Å². The molecule has 48 valence electrons. The molecule has 0 amide bonds. The fourth-order valence-electron chi connectivity index (χ4n) is 1.91. The van der Waals surface area contributed by atoms with Gasteiger partial charge in [-0.25, -0.2) is 0 Å². The summed E-state index contributed by atoms with van der Waals surface area (Å²) < 4.78 is 0. The van der Waals surface area contributed by atoms with Crippen LogP contribution in [0.2, 0.25) is 0 Å². The molecule has 0 aromatic carbocycles. The highest BCUT2D eigenvalue weighted by molar-refractivity contribution is 5.88. The van der Waals surface area contributed by atoms with Gasteiger partial charge in [0.15, 0.2) is 0 Å². The molecule has 2 saturated carbocycles. The minimum absolute atomic E-state index is 0.400. The molecule has 0 aromatic heterocycles. The standard InChI is InChI=1S/C8H10O/c1-5-2-6-4-8(9)7(6)3-5/h6-7H,1-4H2/t6?,7-/m1/s1. The predicted molar refractivity (Wildman–Crippen MR) is 35.0 cm³/mol. The third-order valence-electron chi connectivity index (χ3n) is 2.51. The van der Waals surface area contributed by atoms with Crippen molar-refractivity contribution < 1.29 is 4.79 Å². The number of Topliss-reactive ketones (excluding diaryl/α,β-unsaturated/α-hetero) is 1. The fraction of sp³-hybridized carbons (Fsp3) is 0.625. The van der Waals surface area contributed by atoms with E-state index in [0.29, 0.717) is 17.6 Å². The molecule has 0 bridgehead atoms. The molecule has 0 spiro atoms. The molecule has 9 heavy (non-hydrogen) atoms. The lowest BCUT2D eigenvalue weighted by molar-refractivity contribution is -0.132. The highest BCUT2D eigenvalue weighted by Crippen LogP contribution is 2.45. The Hall–Kier alpha value is -0.590. The Morgan fingerprint density at radius 1 is 1.33 bits per heavy atom. The van der Waals surface area contributed by atoms with Gasteiger partial charge >= 0.3 is 0 Å². The number of carbonyl (C=O) groups is 1. The van der Waals surface area contributed by atoms with E-state index in [2.05, 4.69) is 6.58 Å². The van der Waals surface area contributed by atoms with E-state index in [4.69, 9.17) is 0 Å². The smallest absolute Gasteiger partial charge is 0.136 e. The first-order valence-corrected chi connectivity index (χ1v) is 3.47. The molecule has 1 nitrogen and oxygen atoms in total. The molecular weight excluding hydrogens is 112 g/mol. The van der Waals surface area contributed by atoms with Crippen molar-refractivity contribution >= 4 is 5.78 Å². The molecule has 1 heteroatoms. The van der Waals surface area contributed by atoms with Gasteiger partial charge in [-0.3, -0.25) is 4.79 Å². The minimum Gasteiger partial charge on any atom is -0.299 e. The van der Waals surface area contributed by atoms with Crippen LogP contribution in [0.5, 0.6) is 0 Å². The van der Waals surface area contributed by atoms with Crippen molar-refractivity contribution in [2.24, 2.45) is 11.8 Å². The van der Waals surface area contributed by atoms with Gasteiger partial charge in [-0.15, -0.1) is 0 Å². The predicted octanol–water partition coefficient (Wildman–Crippen LogP) is 1.54. The van der Waals surface area contributed by atoms with Crippen molar-refractivity contribution in [2.45, 2.75) is 19.3 Å². The first kappa shape index (κ1) is 5.21. The van der Waals surface area contributed by atoms with Crippen LogP contribution >= 0.6 is 0 Å². The summed E-state index contributed by atoms with van der Waals surface area (Å²) in [6, 6.07) is 0. The highest BCUT2D eigenvalue weighted by atomic mass is 16.1. The van der Waals surface area contributed by atoms with Gasteiger partial charge in [-0.1, -0.05) is 12.2 Å². The van der Waals surface area contributed by atoms with Crippen molar-refractivity contribution in [2.75, 3.05) is 0 Å². The zero-order chi connectivity index (χ0) is 6.43. The molecule has 0 aromatic rings. The molecule has 2 atom stereocenters. The Morgan fingerprint density at radius 2 is 2.11 bits per heavy atom. The number of rotatable bonds is 0. The van der Waals surface area contributed by atoms with Gasteiger partial charge in [0.25, 0.3) is 0 Å². The Labute approximate surface area is 54.8 Å². The summed E-state index contributed by atoms with van der Waals surface area (Å²) in [7, 11) is 0. The van der Waals surface area contributed by atoms with Crippen LogP contribution in [0.4, 0.5) is 0 Å². The number of fused-ring (bicyclic) bond motifs is 1. The van der Waals surface area contributed by atoms with E-state index < -0.39 is 0 Å². The molecule has 0 aliphatic heterocycles. The summed E-state index contributed by atoms with van der Waals surface area (Å²) in [5.41, 5.74) is 1.29. The second kappa shape index (κ2) is 1.47. The van der Waals surface area contributed by atoms with Crippen molar-refractivity contribution in [1.29, 1.82) is 0 Å². The van der Waals surface area contributed by atoms with Crippen LogP contribution in [0.15, 0.2) is 12.2 Å². The number of allylic oxidation sites excluding steroid dienone is 1. The third kappa shape index (κ3) is 0.576. The van der Waals surface area contributed by atoms with Gasteiger partial charge in [0, 0.05) is 12.3 Å². The van der Waals surface area contributed by atoms with Crippen LogP contribution in [0.1, 0.15) is 19.3 Å². The molecule has 0 saturated heterocycles. The minimum atomic E-state index is 0.400. The molecular formula is C8H10O. The van der Waals surface area contributed by atoms with Gasteiger partial charge in [0.2, 0.25) is 0 Å². The fourth-order valence-corrected chi connectivity index (χ4v) is 1.91. The largest absolute Gasteiger partial charge is 0.299 e. The number of ketones is 1. The van der Waals surface area contributed by atoms with Crippen molar-refractivity contribution in [1.82, 2.24) is 0 Å². The average Bonchev–Trinajstić information content (AvgIpc) is 2.08. The monoisotopic (exact) mass is 122 g/mol. The van der Waals surface area contributed by atoms with E-state index in [1.807, 2.05) is 0 Å². The quantitative estimate of drug-likeness (QED) is 0.445. The molecule has 0 heterocycles. The van der Waals surface area contributed by atoms with Crippen LogP contribution < -0.4 is 0 Å². The average molecular weight is 122 g/mol. The molecule has 1 unspecified atom stereocenters. The summed E-state index contributed by atoms with van der Waals surface area (Å²) >= 11 is 0. The summed E-state index contributed by atoms with van der Waals surface area (Å²) in [5, 5.41) is 0. The number of carbonyl (C=O) groups excluding carboxylic acids is 1. The van der Waals surface area contributed by atoms with E-state index in [1.54, 1.807) is 0 Å². The molecule has 2 fully saturated rings. The van der Waals surface area contributed by atoms with Gasteiger partial charge in [-0.2, -0.15) is 0 Å². The van der Waals surface area contributed by atoms with E-state index in [9.17, 15) is 4.79 Å². The lowest BCUT2D eigenvalue weighted by atomic mass is 9.75. The second-order valence-electron chi connectivity index (χ2n) is 3.20. The van der Waals surface area contributed by atoms with Gasteiger partial charge in [-0.05, 0) is 18.8 Å².